The van der Waals surface area contributed by atoms with E-state index in [0.717, 1.165) is 5.56 Å². The van der Waals surface area contributed by atoms with Crippen LogP contribution in [-0.4, -0.2) is 27.7 Å². The molecule has 0 aliphatic carbocycles. The first kappa shape index (κ1) is 26.1. The second-order valence-electron chi connectivity index (χ2n) is 8.30. The fourth-order valence-electron chi connectivity index (χ4n) is 2.49. The molecule has 0 spiro atoms. The van der Waals surface area contributed by atoms with Crippen molar-refractivity contribution >= 4 is 34.6 Å². The van der Waals surface area contributed by atoms with E-state index >= 15 is 0 Å². The first-order valence-corrected chi connectivity index (χ1v) is 13.3. The molecular formula is C22H31N2O6PS. The maximum absolute atomic E-state index is 13.4. The number of rotatable bonds is 10. The summed E-state index contributed by atoms with van der Waals surface area (Å²) in [5.41, 5.74) is 1.15. The number of carbonyl (C=O) groups is 1. The van der Waals surface area contributed by atoms with Gasteiger partial charge in [-0.25, -0.2) is 17.9 Å². The van der Waals surface area contributed by atoms with Gasteiger partial charge in [0.05, 0.1) is 23.4 Å². The smallest absolute Gasteiger partial charge is 0.307 e. The molecule has 0 bridgehead atoms. The summed E-state index contributed by atoms with van der Waals surface area (Å²) in [6.07, 6.45) is 0. The van der Waals surface area contributed by atoms with Crippen molar-refractivity contribution in [3.63, 3.8) is 0 Å². The molecule has 32 heavy (non-hydrogen) atoms. The molecule has 0 atom stereocenters. The minimum absolute atomic E-state index is 0.0272. The second-order valence-corrected chi connectivity index (χ2v) is 12.0. The summed E-state index contributed by atoms with van der Waals surface area (Å²) >= 11 is 0. The van der Waals surface area contributed by atoms with Gasteiger partial charge >= 0.3 is 13.6 Å². The van der Waals surface area contributed by atoms with Gasteiger partial charge in [0, 0.05) is 5.69 Å². The predicted octanol–water partition coefficient (Wildman–Crippen LogP) is 4.67. The number of benzene rings is 2. The molecule has 0 unspecified atom stereocenters. The summed E-state index contributed by atoms with van der Waals surface area (Å²) in [5, 5.41) is 2.74. The number of amides is 2. The van der Waals surface area contributed by atoms with Crippen LogP contribution in [0.5, 0.6) is 0 Å². The molecule has 0 aromatic heterocycles. The molecule has 0 radical (unpaired) electrons. The van der Waals surface area contributed by atoms with Crippen LogP contribution in [0.2, 0.25) is 0 Å². The minimum Gasteiger partial charge on any atom is -0.307 e. The van der Waals surface area contributed by atoms with E-state index in [9.17, 15) is 17.8 Å². The van der Waals surface area contributed by atoms with Gasteiger partial charge in [0.25, 0.3) is 10.0 Å². The number of anilines is 1. The fraction of sp³-hybridized carbons (Fsp3) is 0.409. The largest absolute Gasteiger partial charge is 0.361 e. The average Bonchev–Trinajstić information content (AvgIpc) is 2.70. The van der Waals surface area contributed by atoms with Crippen LogP contribution in [0, 0.1) is 18.8 Å². The van der Waals surface area contributed by atoms with Gasteiger partial charge in [-0.1, -0.05) is 51.5 Å². The van der Waals surface area contributed by atoms with Gasteiger partial charge in [-0.05, 0) is 49.1 Å². The Labute approximate surface area is 190 Å². The highest BCUT2D eigenvalue weighted by Crippen LogP contribution is 2.48. The Kier molecular flexibility index (Phi) is 9.04. The zero-order valence-electron chi connectivity index (χ0n) is 19.0. The van der Waals surface area contributed by atoms with Crippen LogP contribution in [0.1, 0.15) is 33.3 Å². The van der Waals surface area contributed by atoms with Crippen LogP contribution in [0.3, 0.4) is 0 Å². The zero-order valence-corrected chi connectivity index (χ0v) is 20.7. The maximum Gasteiger partial charge on any atom is 0.361 e. The van der Waals surface area contributed by atoms with E-state index in [4.69, 9.17) is 9.05 Å². The van der Waals surface area contributed by atoms with Crippen LogP contribution in [0.25, 0.3) is 0 Å². The standard InChI is InChI=1S/C22H31N2O6PS/c1-16(2)14-29-31(26,30-15-17(3)4)20-8-6-7-19(13-20)23-22(25)24-32(27,28)21-11-9-18(5)10-12-21/h6-13,16-17H,14-15H2,1-5H3,(H2,23,24,25). The third-order valence-corrected chi connectivity index (χ3v) is 7.37. The molecule has 8 nitrogen and oxygen atoms in total. The lowest BCUT2D eigenvalue weighted by molar-refractivity contribution is 0.181. The van der Waals surface area contributed by atoms with Crippen molar-refractivity contribution in [1.29, 1.82) is 0 Å². The fourth-order valence-corrected chi connectivity index (χ4v) is 5.32. The summed E-state index contributed by atoms with van der Waals surface area (Å²) < 4.78 is 51.5. The van der Waals surface area contributed by atoms with E-state index in [1.807, 2.05) is 39.3 Å². The van der Waals surface area contributed by atoms with Crippen molar-refractivity contribution in [1.82, 2.24) is 4.72 Å². The summed E-state index contributed by atoms with van der Waals surface area (Å²) in [6, 6.07) is 11.4. The molecule has 176 valence electrons. The van der Waals surface area contributed by atoms with E-state index in [0.29, 0.717) is 0 Å². The molecule has 2 rings (SSSR count). The normalized spacial score (nSPS) is 12.2. The molecule has 2 aromatic rings. The van der Waals surface area contributed by atoms with Crippen molar-refractivity contribution < 1.29 is 26.8 Å². The van der Waals surface area contributed by atoms with E-state index < -0.39 is 23.7 Å². The van der Waals surface area contributed by atoms with Gasteiger partial charge in [0.2, 0.25) is 0 Å². The monoisotopic (exact) mass is 482 g/mol. The van der Waals surface area contributed by atoms with Gasteiger partial charge < -0.3 is 14.4 Å². The van der Waals surface area contributed by atoms with Crippen molar-refractivity contribution in [2.24, 2.45) is 11.8 Å². The van der Waals surface area contributed by atoms with Gasteiger partial charge in [0.15, 0.2) is 0 Å². The molecule has 10 heteroatoms. The Morgan fingerprint density at radius 2 is 1.53 bits per heavy atom. The topological polar surface area (TPSA) is 111 Å². The molecule has 0 saturated heterocycles. The van der Waals surface area contributed by atoms with Crippen LogP contribution < -0.4 is 15.3 Å². The highest BCUT2D eigenvalue weighted by molar-refractivity contribution is 7.90. The highest BCUT2D eigenvalue weighted by Gasteiger charge is 2.29. The lowest BCUT2D eigenvalue weighted by Gasteiger charge is -2.21. The molecule has 0 aliphatic rings. The Morgan fingerprint density at radius 3 is 2.06 bits per heavy atom. The summed E-state index contributed by atoms with van der Waals surface area (Å²) in [5.74, 6) is 0.287. The third-order valence-electron chi connectivity index (χ3n) is 4.13. The molecule has 0 fully saturated rings. The van der Waals surface area contributed by atoms with Crippen LogP contribution in [-0.2, 0) is 23.6 Å². The summed E-state index contributed by atoms with van der Waals surface area (Å²) in [4.78, 5) is 12.3. The maximum atomic E-state index is 13.4. The number of carbonyl (C=O) groups excluding carboxylic acids is 1. The highest BCUT2D eigenvalue weighted by atomic mass is 32.2. The second kappa shape index (κ2) is 11.1. The van der Waals surface area contributed by atoms with Crippen LogP contribution >= 0.6 is 7.60 Å². The van der Waals surface area contributed by atoms with E-state index in [1.54, 1.807) is 30.3 Å². The quantitative estimate of drug-likeness (QED) is 0.476. The van der Waals surface area contributed by atoms with Crippen molar-refractivity contribution in [2.75, 3.05) is 18.5 Å². The molecule has 0 saturated carbocycles. The molecule has 2 aromatic carbocycles. The van der Waals surface area contributed by atoms with Gasteiger partial charge in [-0.15, -0.1) is 0 Å². The predicted molar refractivity (Wildman–Crippen MR) is 126 cm³/mol. The number of sulfonamides is 1. The van der Waals surface area contributed by atoms with Crippen molar-refractivity contribution in [3.8, 4) is 0 Å². The van der Waals surface area contributed by atoms with Gasteiger partial charge in [0.1, 0.15) is 0 Å². The SMILES string of the molecule is Cc1ccc(S(=O)(=O)NC(=O)Nc2cccc(P(=O)(OCC(C)C)OCC(C)C)c2)cc1. The van der Waals surface area contributed by atoms with Gasteiger partial charge in [-0.2, -0.15) is 0 Å². The Hall–Kier alpha value is -2.19. The lowest BCUT2D eigenvalue weighted by atomic mass is 10.2. The number of hydrogen-bond acceptors (Lipinski definition) is 6. The number of nitrogens with one attached hydrogen (secondary N) is 2. The summed E-state index contributed by atoms with van der Waals surface area (Å²) in [6.45, 7) is 10.0. The molecule has 2 N–H and O–H groups in total. The van der Waals surface area contributed by atoms with E-state index in [-0.39, 0.29) is 40.9 Å². The van der Waals surface area contributed by atoms with Gasteiger partial charge in [-0.3, -0.25) is 4.57 Å². The van der Waals surface area contributed by atoms with E-state index in [2.05, 4.69) is 5.32 Å². The molecule has 2 amide bonds. The number of urea groups is 1. The van der Waals surface area contributed by atoms with Crippen molar-refractivity contribution in [2.45, 2.75) is 39.5 Å². The molecule has 0 heterocycles. The average molecular weight is 483 g/mol. The Balaban J connectivity index is 2.18. The Bertz CT molecular complexity index is 1050. The minimum atomic E-state index is -4.04. The van der Waals surface area contributed by atoms with Crippen LogP contribution in [0.15, 0.2) is 53.4 Å². The van der Waals surface area contributed by atoms with Crippen LogP contribution in [0.4, 0.5) is 10.5 Å². The number of aryl methyl sites for hydroxylation is 1. The third kappa shape index (κ3) is 7.74. The molecular weight excluding hydrogens is 451 g/mol. The lowest BCUT2D eigenvalue weighted by Crippen LogP contribution is -2.34. The molecule has 0 aliphatic heterocycles. The Morgan fingerprint density at radius 1 is 0.969 bits per heavy atom. The number of hydrogen-bond donors (Lipinski definition) is 2. The van der Waals surface area contributed by atoms with E-state index in [1.165, 1.54) is 18.2 Å². The first-order valence-electron chi connectivity index (χ1n) is 10.3. The van der Waals surface area contributed by atoms with Crippen molar-refractivity contribution in [3.05, 3.63) is 54.1 Å². The first-order chi connectivity index (χ1) is 14.9. The zero-order chi connectivity index (χ0) is 23.9. The summed E-state index contributed by atoms with van der Waals surface area (Å²) in [7, 11) is -7.67.